The molecule has 0 radical (unpaired) electrons. The maximum atomic E-state index is 5.21. The van der Waals surface area contributed by atoms with Gasteiger partial charge in [0, 0.05) is 25.7 Å². The highest BCUT2D eigenvalue weighted by molar-refractivity contribution is 5.74. The van der Waals surface area contributed by atoms with E-state index < -0.39 is 0 Å². The van der Waals surface area contributed by atoms with Gasteiger partial charge in [0.2, 0.25) is 0 Å². The van der Waals surface area contributed by atoms with E-state index in [0.717, 1.165) is 12.3 Å². The highest BCUT2D eigenvalue weighted by Gasteiger charge is 2.19. The van der Waals surface area contributed by atoms with Gasteiger partial charge in [-0.3, -0.25) is 0 Å². The van der Waals surface area contributed by atoms with Gasteiger partial charge in [0.15, 0.2) is 0 Å². The summed E-state index contributed by atoms with van der Waals surface area (Å²) in [5.74, 6) is 0.909. The lowest BCUT2D eigenvalue weighted by Crippen LogP contribution is -2.39. The first-order valence-electron chi connectivity index (χ1n) is 4.87. The van der Waals surface area contributed by atoms with Crippen LogP contribution >= 0.6 is 0 Å². The maximum Gasteiger partial charge on any atom is 0.121 e. The normalized spacial score (nSPS) is 19.9. The summed E-state index contributed by atoms with van der Waals surface area (Å²) >= 11 is 0. The van der Waals surface area contributed by atoms with E-state index in [0.29, 0.717) is 6.04 Å². The lowest BCUT2D eigenvalue weighted by molar-refractivity contribution is 0.414. The molecule has 3 heteroatoms. The van der Waals surface area contributed by atoms with Crippen molar-refractivity contribution in [3.8, 4) is 5.75 Å². The first kappa shape index (κ1) is 9.19. The molecule has 2 rings (SSSR count). The second kappa shape index (κ2) is 3.40. The van der Waals surface area contributed by atoms with Gasteiger partial charge in [-0.1, -0.05) is 0 Å². The van der Waals surface area contributed by atoms with Crippen LogP contribution in [0.1, 0.15) is 6.92 Å². The molecule has 0 spiro atoms. The summed E-state index contributed by atoms with van der Waals surface area (Å²) in [7, 11) is 3.81. The third kappa shape index (κ3) is 1.39. The van der Waals surface area contributed by atoms with Crippen molar-refractivity contribution in [1.29, 1.82) is 0 Å². The van der Waals surface area contributed by atoms with Crippen LogP contribution in [0.15, 0.2) is 18.2 Å². The van der Waals surface area contributed by atoms with Crippen LogP contribution in [0, 0.1) is 0 Å². The van der Waals surface area contributed by atoms with E-state index in [2.05, 4.69) is 36.3 Å². The molecule has 0 amide bonds. The molecule has 1 heterocycles. The summed E-state index contributed by atoms with van der Waals surface area (Å²) in [6.45, 7) is 3.20. The molecule has 1 N–H and O–H groups in total. The number of nitrogens with one attached hydrogen (secondary N) is 1. The van der Waals surface area contributed by atoms with Gasteiger partial charge in [-0.2, -0.15) is 0 Å². The number of benzene rings is 1. The summed E-state index contributed by atoms with van der Waals surface area (Å²) in [6, 6.07) is 6.64. The molecular weight excluding hydrogens is 176 g/mol. The van der Waals surface area contributed by atoms with Crippen molar-refractivity contribution < 1.29 is 4.74 Å². The molecule has 0 saturated carbocycles. The van der Waals surface area contributed by atoms with Gasteiger partial charge in [0.25, 0.3) is 0 Å². The molecule has 76 valence electrons. The number of hydrogen-bond donors (Lipinski definition) is 1. The summed E-state index contributed by atoms with van der Waals surface area (Å²) in [5, 5.41) is 3.40. The van der Waals surface area contributed by atoms with Crippen LogP contribution in [-0.2, 0) is 0 Å². The van der Waals surface area contributed by atoms with Crippen molar-refractivity contribution in [2.75, 3.05) is 30.9 Å². The fraction of sp³-hybridized carbons (Fsp3) is 0.455. The molecule has 1 aliphatic heterocycles. The Morgan fingerprint density at radius 2 is 2.29 bits per heavy atom. The van der Waals surface area contributed by atoms with Gasteiger partial charge in [-0.05, 0) is 19.1 Å². The van der Waals surface area contributed by atoms with Gasteiger partial charge in [-0.25, -0.2) is 0 Å². The van der Waals surface area contributed by atoms with Crippen molar-refractivity contribution in [1.82, 2.24) is 0 Å². The minimum absolute atomic E-state index is 0.523. The van der Waals surface area contributed by atoms with Crippen molar-refractivity contribution in [2.45, 2.75) is 13.0 Å². The van der Waals surface area contributed by atoms with Crippen molar-refractivity contribution in [2.24, 2.45) is 0 Å². The van der Waals surface area contributed by atoms with Crippen molar-refractivity contribution in [3.05, 3.63) is 18.2 Å². The van der Waals surface area contributed by atoms with Gasteiger partial charge in [0.1, 0.15) is 5.75 Å². The number of ether oxygens (including phenoxy) is 1. The fourth-order valence-corrected chi connectivity index (χ4v) is 1.71. The van der Waals surface area contributed by atoms with Gasteiger partial charge >= 0.3 is 0 Å². The van der Waals surface area contributed by atoms with Gasteiger partial charge in [0.05, 0.1) is 18.5 Å². The smallest absolute Gasteiger partial charge is 0.121 e. The Labute approximate surface area is 84.7 Å². The van der Waals surface area contributed by atoms with E-state index in [1.807, 2.05) is 6.07 Å². The molecule has 1 aromatic carbocycles. The standard InChI is InChI=1S/C11H16N2O/c1-8-7-12-10-5-4-9(14-3)6-11(10)13(8)2/h4-6,8,12H,7H2,1-3H3. The fourth-order valence-electron chi connectivity index (χ4n) is 1.71. The second-order valence-electron chi connectivity index (χ2n) is 3.72. The second-order valence-corrected chi connectivity index (χ2v) is 3.72. The summed E-state index contributed by atoms with van der Waals surface area (Å²) in [6.07, 6.45) is 0. The van der Waals surface area contributed by atoms with Crippen LogP contribution < -0.4 is 15.0 Å². The summed E-state index contributed by atoms with van der Waals surface area (Å²) in [5.41, 5.74) is 2.40. The Balaban J connectivity index is 2.41. The predicted molar refractivity (Wildman–Crippen MR) is 59.3 cm³/mol. The van der Waals surface area contributed by atoms with Crippen LogP contribution in [0.5, 0.6) is 5.75 Å². The summed E-state index contributed by atoms with van der Waals surface area (Å²) in [4.78, 5) is 2.27. The average molecular weight is 192 g/mol. The molecule has 3 nitrogen and oxygen atoms in total. The number of nitrogens with zero attached hydrogens (tertiary/aromatic N) is 1. The van der Waals surface area contributed by atoms with E-state index in [-0.39, 0.29) is 0 Å². The molecule has 0 saturated heterocycles. The largest absolute Gasteiger partial charge is 0.497 e. The zero-order valence-corrected chi connectivity index (χ0v) is 8.87. The van der Waals surface area contributed by atoms with Crippen LogP contribution in [0.4, 0.5) is 11.4 Å². The Hall–Kier alpha value is -1.38. The molecule has 1 aliphatic rings. The molecule has 14 heavy (non-hydrogen) atoms. The monoisotopic (exact) mass is 192 g/mol. The number of anilines is 2. The zero-order valence-electron chi connectivity index (χ0n) is 8.87. The average Bonchev–Trinajstić information content (AvgIpc) is 2.23. The van der Waals surface area contributed by atoms with Gasteiger partial charge < -0.3 is 15.0 Å². The zero-order chi connectivity index (χ0) is 10.1. The van der Waals surface area contributed by atoms with Crippen molar-refractivity contribution in [3.63, 3.8) is 0 Å². The number of rotatable bonds is 1. The molecule has 0 fully saturated rings. The Morgan fingerprint density at radius 3 is 3.00 bits per heavy atom. The Morgan fingerprint density at radius 1 is 1.50 bits per heavy atom. The highest BCUT2D eigenvalue weighted by Crippen LogP contribution is 2.33. The first-order valence-corrected chi connectivity index (χ1v) is 4.87. The molecule has 0 bridgehead atoms. The number of methoxy groups -OCH3 is 1. The Kier molecular flexibility index (Phi) is 2.23. The lowest BCUT2D eigenvalue weighted by Gasteiger charge is -2.34. The van der Waals surface area contributed by atoms with Gasteiger partial charge in [-0.15, -0.1) is 0 Å². The van der Waals surface area contributed by atoms with Crippen LogP contribution in [0.2, 0.25) is 0 Å². The molecule has 0 aromatic heterocycles. The number of hydrogen-bond acceptors (Lipinski definition) is 3. The quantitative estimate of drug-likeness (QED) is 0.736. The van der Waals surface area contributed by atoms with E-state index in [9.17, 15) is 0 Å². The van der Waals surface area contributed by atoms with E-state index >= 15 is 0 Å². The molecule has 0 aliphatic carbocycles. The van der Waals surface area contributed by atoms with E-state index in [1.165, 1.54) is 11.4 Å². The van der Waals surface area contributed by atoms with Crippen molar-refractivity contribution >= 4 is 11.4 Å². The first-order chi connectivity index (χ1) is 6.72. The minimum atomic E-state index is 0.523. The molecular formula is C11H16N2O. The third-order valence-electron chi connectivity index (χ3n) is 2.83. The minimum Gasteiger partial charge on any atom is -0.497 e. The highest BCUT2D eigenvalue weighted by atomic mass is 16.5. The maximum absolute atomic E-state index is 5.21. The predicted octanol–water partition coefficient (Wildman–Crippen LogP) is 1.95. The number of likely N-dealkylation sites (N-methyl/N-ethyl adjacent to an activating group) is 1. The Bertz CT molecular complexity index is 338. The van der Waals surface area contributed by atoms with Crippen LogP contribution in [-0.4, -0.2) is 26.7 Å². The van der Waals surface area contributed by atoms with E-state index in [1.54, 1.807) is 7.11 Å². The lowest BCUT2D eigenvalue weighted by atomic mass is 10.1. The third-order valence-corrected chi connectivity index (χ3v) is 2.83. The molecule has 1 aromatic rings. The van der Waals surface area contributed by atoms with Crippen LogP contribution in [0.3, 0.4) is 0 Å². The van der Waals surface area contributed by atoms with Crippen LogP contribution in [0.25, 0.3) is 0 Å². The SMILES string of the molecule is COc1ccc2c(c1)N(C)C(C)CN2. The molecule has 1 atom stereocenters. The topological polar surface area (TPSA) is 24.5 Å². The van der Waals surface area contributed by atoms with E-state index in [4.69, 9.17) is 4.74 Å². The number of fused-ring (bicyclic) bond motifs is 1. The molecule has 1 unspecified atom stereocenters. The summed E-state index contributed by atoms with van der Waals surface area (Å²) < 4.78 is 5.21.